The SMILES string of the molecule is CCC(C)(C)OC1Oc2ccc(OS(C)(=O)=O)cc2C1(C)C. The molecule has 0 radical (unpaired) electrons. The summed E-state index contributed by atoms with van der Waals surface area (Å²) >= 11 is 0. The molecule has 1 aromatic rings. The highest BCUT2D eigenvalue weighted by atomic mass is 32.2. The van der Waals surface area contributed by atoms with Crippen LogP contribution in [0.1, 0.15) is 46.6 Å². The van der Waals surface area contributed by atoms with Crippen molar-refractivity contribution in [3.63, 3.8) is 0 Å². The normalized spacial score (nSPS) is 20.4. The van der Waals surface area contributed by atoms with Crippen molar-refractivity contribution >= 4 is 10.1 Å². The topological polar surface area (TPSA) is 61.8 Å². The number of hydrogen-bond acceptors (Lipinski definition) is 5. The molecule has 0 amide bonds. The largest absolute Gasteiger partial charge is 0.464 e. The maximum atomic E-state index is 11.3. The van der Waals surface area contributed by atoms with E-state index in [0.717, 1.165) is 18.2 Å². The fraction of sp³-hybridized carbons (Fsp3) is 0.625. The van der Waals surface area contributed by atoms with Crippen LogP contribution in [-0.4, -0.2) is 26.6 Å². The van der Waals surface area contributed by atoms with Gasteiger partial charge in [-0.1, -0.05) is 6.92 Å². The molecule has 1 aliphatic rings. The van der Waals surface area contributed by atoms with Crippen LogP contribution in [0.3, 0.4) is 0 Å². The van der Waals surface area contributed by atoms with E-state index in [9.17, 15) is 8.42 Å². The Morgan fingerprint density at radius 1 is 1.32 bits per heavy atom. The van der Waals surface area contributed by atoms with E-state index in [2.05, 4.69) is 6.92 Å². The van der Waals surface area contributed by atoms with Gasteiger partial charge in [-0.05, 0) is 52.3 Å². The molecular weight excluding hydrogens is 304 g/mol. The second-order valence-electron chi connectivity index (χ2n) is 6.85. The van der Waals surface area contributed by atoms with Crippen molar-refractivity contribution in [1.29, 1.82) is 0 Å². The highest BCUT2D eigenvalue weighted by Crippen LogP contribution is 2.46. The highest BCUT2D eigenvalue weighted by molar-refractivity contribution is 7.86. The van der Waals surface area contributed by atoms with Crippen molar-refractivity contribution in [3.05, 3.63) is 23.8 Å². The van der Waals surface area contributed by atoms with Crippen LogP contribution in [0.25, 0.3) is 0 Å². The van der Waals surface area contributed by atoms with E-state index >= 15 is 0 Å². The Morgan fingerprint density at radius 3 is 2.50 bits per heavy atom. The Kier molecular flexibility index (Phi) is 4.21. The third kappa shape index (κ3) is 3.55. The molecule has 1 aliphatic heterocycles. The van der Waals surface area contributed by atoms with Crippen molar-refractivity contribution in [3.8, 4) is 11.5 Å². The summed E-state index contributed by atoms with van der Waals surface area (Å²) in [6.45, 7) is 10.1. The number of ether oxygens (including phenoxy) is 2. The maximum Gasteiger partial charge on any atom is 0.306 e. The third-order valence-corrected chi connectivity index (χ3v) is 4.49. The molecular formula is C16H24O5S. The lowest BCUT2D eigenvalue weighted by molar-refractivity contribution is -0.175. The molecule has 2 rings (SSSR count). The standard InChI is InChI=1S/C16H24O5S/c1-7-15(2,3)20-14-16(4,5)12-10-11(21-22(6,17)18)8-9-13(12)19-14/h8-10,14H,7H2,1-6H3. The van der Waals surface area contributed by atoms with Crippen LogP contribution >= 0.6 is 0 Å². The van der Waals surface area contributed by atoms with Gasteiger partial charge in [0.05, 0.1) is 17.3 Å². The van der Waals surface area contributed by atoms with E-state index in [1.165, 1.54) is 0 Å². The van der Waals surface area contributed by atoms with Crippen LogP contribution in [0, 0.1) is 0 Å². The summed E-state index contributed by atoms with van der Waals surface area (Å²) in [4.78, 5) is 0. The number of rotatable bonds is 5. The summed E-state index contributed by atoms with van der Waals surface area (Å²) in [5.41, 5.74) is 0.180. The zero-order valence-electron chi connectivity index (χ0n) is 14.0. The van der Waals surface area contributed by atoms with E-state index in [1.54, 1.807) is 18.2 Å². The summed E-state index contributed by atoms with van der Waals surface area (Å²) in [7, 11) is -3.55. The zero-order valence-corrected chi connectivity index (χ0v) is 14.8. The molecule has 6 heteroatoms. The fourth-order valence-corrected chi connectivity index (χ4v) is 2.73. The summed E-state index contributed by atoms with van der Waals surface area (Å²) < 4.78 is 39.5. The summed E-state index contributed by atoms with van der Waals surface area (Å²) in [5, 5.41) is 0. The maximum absolute atomic E-state index is 11.3. The minimum absolute atomic E-state index is 0.285. The number of fused-ring (bicyclic) bond motifs is 1. The van der Waals surface area contributed by atoms with Crippen molar-refractivity contribution in [2.45, 2.75) is 58.3 Å². The molecule has 0 spiro atoms. The van der Waals surface area contributed by atoms with Gasteiger partial charge in [0.15, 0.2) is 0 Å². The Hall–Kier alpha value is -1.27. The molecule has 22 heavy (non-hydrogen) atoms. The first-order valence-electron chi connectivity index (χ1n) is 7.33. The smallest absolute Gasteiger partial charge is 0.306 e. The van der Waals surface area contributed by atoms with Crippen LogP contribution in [0.4, 0.5) is 0 Å². The third-order valence-electron chi connectivity index (χ3n) is 3.99. The molecule has 0 fully saturated rings. The molecule has 1 aromatic carbocycles. The highest BCUT2D eigenvalue weighted by Gasteiger charge is 2.45. The van der Waals surface area contributed by atoms with E-state index < -0.39 is 21.8 Å². The van der Waals surface area contributed by atoms with Crippen LogP contribution in [-0.2, 0) is 20.3 Å². The molecule has 0 bridgehead atoms. The first-order chi connectivity index (χ1) is 9.94. The Bertz CT molecular complexity index is 661. The van der Waals surface area contributed by atoms with Crippen molar-refractivity contribution in [1.82, 2.24) is 0 Å². The van der Waals surface area contributed by atoms with Crippen LogP contribution in [0.5, 0.6) is 11.5 Å². The molecule has 0 saturated heterocycles. The van der Waals surface area contributed by atoms with E-state index in [0.29, 0.717) is 5.75 Å². The molecule has 1 atom stereocenters. The van der Waals surface area contributed by atoms with Gasteiger partial charge in [-0.2, -0.15) is 8.42 Å². The van der Waals surface area contributed by atoms with Crippen LogP contribution < -0.4 is 8.92 Å². The predicted octanol–water partition coefficient (Wildman–Crippen LogP) is 3.23. The lowest BCUT2D eigenvalue weighted by atomic mass is 9.85. The predicted molar refractivity (Wildman–Crippen MR) is 84.8 cm³/mol. The molecule has 5 nitrogen and oxygen atoms in total. The molecule has 0 aromatic heterocycles. The first kappa shape index (κ1) is 17.1. The zero-order chi connectivity index (χ0) is 16.8. The first-order valence-corrected chi connectivity index (χ1v) is 9.15. The molecule has 124 valence electrons. The van der Waals surface area contributed by atoms with Gasteiger partial charge in [-0.15, -0.1) is 0 Å². The summed E-state index contributed by atoms with van der Waals surface area (Å²) in [5.74, 6) is 0.982. The van der Waals surface area contributed by atoms with Gasteiger partial charge in [0, 0.05) is 5.56 Å². The molecule has 0 N–H and O–H groups in total. The monoisotopic (exact) mass is 328 g/mol. The molecule has 0 aliphatic carbocycles. The van der Waals surface area contributed by atoms with Gasteiger partial charge >= 0.3 is 10.1 Å². The van der Waals surface area contributed by atoms with Crippen LogP contribution in [0.15, 0.2) is 18.2 Å². The Morgan fingerprint density at radius 2 is 1.95 bits per heavy atom. The average molecular weight is 328 g/mol. The van der Waals surface area contributed by atoms with E-state index in [1.807, 2.05) is 27.7 Å². The van der Waals surface area contributed by atoms with Gasteiger partial charge in [0.2, 0.25) is 6.29 Å². The van der Waals surface area contributed by atoms with Gasteiger partial charge in [0.25, 0.3) is 0 Å². The Labute approximate surface area is 132 Å². The summed E-state index contributed by atoms with van der Waals surface area (Å²) in [6, 6.07) is 5.02. The lowest BCUT2D eigenvalue weighted by Crippen LogP contribution is -2.41. The second kappa shape index (κ2) is 5.42. The average Bonchev–Trinajstić information content (AvgIpc) is 2.59. The van der Waals surface area contributed by atoms with Gasteiger partial charge < -0.3 is 13.7 Å². The van der Waals surface area contributed by atoms with Gasteiger partial charge in [-0.25, -0.2) is 0 Å². The van der Waals surface area contributed by atoms with E-state index in [4.69, 9.17) is 13.7 Å². The lowest BCUT2D eigenvalue weighted by Gasteiger charge is -2.33. The summed E-state index contributed by atoms with van der Waals surface area (Å²) in [6.07, 6.45) is 1.46. The van der Waals surface area contributed by atoms with Gasteiger partial charge in [-0.3, -0.25) is 0 Å². The van der Waals surface area contributed by atoms with Crippen molar-refractivity contribution in [2.75, 3.05) is 6.26 Å². The number of hydrogen-bond donors (Lipinski definition) is 0. The van der Waals surface area contributed by atoms with Gasteiger partial charge in [0.1, 0.15) is 11.5 Å². The minimum Gasteiger partial charge on any atom is -0.464 e. The molecule has 1 heterocycles. The Balaban J connectivity index is 2.31. The second-order valence-corrected chi connectivity index (χ2v) is 8.42. The molecule has 1 unspecified atom stereocenters. The number of benzene rings is 1. The quantitative estimate of drug-likeness (QED) is 0.777. The van der Waals surface area contributed by atoms with E-state index in [-0.39, 0.29) is 11.4 Å². The fourth-order valence-electron chi connectivity index (χ4n) is 2.28. The van der Waals surface area contributed by atoms with Crippen molar-refractivity contribution < 1.29 is 22.1 Å². The van der Waals surface area contributed by atoms with Crippen molar-refractivity contribution in [2.24, 2.45) is 0 Å². The van der Waals surface area contributed by atoms with Crippen LogP contribution in [0.2, 0.25) is 0 Å². The minimum atomic E-state index is -3.55. The molecule has 0 saturated carbocycles.